The summed E-state index contributed by atoms with van der Waals surface area (Å²) in [6, 6.07) is 15.2. The van der Waals surface area contributed by atoms with Gasteiger partial charge in [-0.3, -0.25) is 0 Å². The van der Waals surface area contributed by atoms with Gasteiger partial charge < -0.3 is 5.73 Å². The number of nitrogens with two attached hydrogens (primary N) is 1. The highest BCUT2D eigenvalue weighted by Crippen LogP contribution is 2.31. The molecule has 0 heterocycles. The molecule has 1 aliphatic carbocycles. The molecule has 3 rings (SSSR count). The van der Waals surface area contributed by atoms with Crippen molar-refractivity contribution < 1.29 is 0 Å². The van der Waals surface area contributed by atoms with Crippen molar-refractivity contribution in [3.63, 3.8) is 0 Å². The summed E-state index contributed by atoms with van der Waals surface area (Å²) < 4.78 is 0. The van der Waals surface area contributed by atoms with Crippen LogP contribution in [0.4, 0.5) is 0 Å². The average molecular weight is 269 g/mol. The van der Waals surface area contributed by atoms with E-state index in [1.807, 2.05) is 0 Å². The second-order valence-corrected chi connectivity index (χ2v) is 5.95. The normalized spacial score (nSPS) is 15.3. The van der Waals surface area contributed by atoms with Gasteiger partial charge in [-0.2, -0.15) is 0 Å². The minimum Gasteiger partial charge on any atom is -0.320 e. The first kappa shape index (κ1) is 12.8. The SMILES string of the molecule is CSc1ccccc1C(N)c1ccc2c(c1)CCC2. The highest BCUT2D eigenvalue weighted by atomic mass is 32.2. The van der Waals surface area contributed by atoms with Crippen LogP contribution in [0.25, 0.3) is 0 Å². The molecule has 0 aromatic heterocycles. The van der Waals surface area contributed by atoms with Crippen LogP contribution in [0.1, 0.15) is 34.7 Å². The van der Waals surface area contributed by atoms with Gasteiger partial charge in [-0.1, -0.05) is 36.4 Å². The minimum atomic E-state index is -0.0189. The lowest BCUT2D eigenvalue weighted by Gasteiger charge is -2.17. The summed E-state index contributed by atoms with van der Waals surface area (Å²) in [4.78, 5) is 1.27. The maximum absolute atomic E-state index is 6.47. The monoisotopic (exact) mass is 269 g/mol. The molecule has 2 aromatic rings. The number of benzene rings is 2. The first-order valence-corrected chi connectivity index (χ1v) is 8.02. The van der Waals surface area contributed by atoms with Crippen LogP contribution in [-0.2, 0) is 12.8 Å². The van der Waals surface area contributed by atoms with E-state index in [4.69, 9.17) is 5.73 Å². The molecule has 98 valence electrons. The van der Waals surface area contributed by atoms with Gasteiger partial charge >= 0.3 is 0 Å². The third-order valence-corrected chi connectivity index (χ3v) is 4.77. The molecule has 0 radical (unpaired) electrons. The van der Waals surface area contributed by atoms with Crippen LogP contribution in [0.2, 0.25) is 0 Å². The molecule has 1 aliphatic rings. The fourth-order valence-corrected chi connectivity index (χ4v) is 3.53. The van der Waals surface area contributed by atoms with E-state index in [-0.39, 0.29) is 6.04 Å². The van der Waals surface area contributed by atoms with Gasteiger partial charge in [-0.15, -0.1) is 11.8 Å². The Labute approximate surface area is 119 Å². The predicted molar refractivity (Wildman–Crippen MR) is 82.7 cm³/mol. The summed E-state index contributed by atoms with van der Waals surface area (Å²) in [5, 5.41) is 0. The highest BCUT2D eigenvalue weighted by molar-refractivity contribution is 7.98. The predicted octanol–water partition coefficient (Wildman–Crippen LogP) is 3.95. The van der Waals surface area contributed by atoms with Gasteiger partial charge in [0, 0.05) is 4.90 Å². The number of thioether (sulfide) groups is 1. The number of aryl methyl sites for hydroxylation is 2. The zero-order valence-electron chi connectivity index (χ0n) is 11.2. The number of fused-ring (bicyclic) bond motifs is 1. The molecule has 1 atom stereocenters. The quantitative estimate of drug-likeness (QED) is 0.854. The van der Waals surface area contributed by atoms with Crippen molar-refractivity contribution >= 4 is 11.8 Å². The van der Waals surface area contributed by atoms with E-state index < -0.39 is 0 Å². The van der Waals surface area contributed by atoms with E-state index in [1.54, 1.807) is 11.8 Å². The van der Waals surface area contributed by atoms with Gasteiger partial charge in [0.25, 0.3) is 0 Å². The van der Waals surface area contributed by atoms with E-state index in [2.05, 4.69) is 48.7 Å². The van der Waals surface area contributed by atoms with E-state index in [1.165, 1.54) is 46.4 Å². The molecule has 19 heavy (non-hydrogen) atoms. The topological polar surface area (TPSA) is 26.0 Å². The second kappa shape index (κ2) is 5.40. The summed E-state index contributed by atoms with van der Waals surface area (Å²) in [7, 11) is 0. The molecule has 1 nitrogen and oxygen atoms in total. The average Bonchev–Trinajstić information content (AvgIpc) is 2.93. The second-order valence-electron chi connectivity index (χ2n) is 5.10. The summed E-state index contributed by atoms with van der Waals surface area (Å²) in [5.74, 6) is 0. The molecular weight excluding hydrogens is 250 g/mol. The van der Waals surface area contributed by atoms with Crippen molar-refractivity contribution in [3.8, 4) is 0 Å². The fourth-order valence-electron chi connectivity index (χ4n) is 2.89. The first-order chi connectivity index (χ1) is 9.29. The first-order valence-electron chi connectivity index (χ1n) is 6.80. The van der Waals surface area contributed by atoms with Crippen LogP contribution in [0.5, 0.6) is 0 Å². The van der Waals surface area contributed by atoms with Gasteiger partial charge in [-0.25, -0.2) is 0 Å². The van der Waals surface area contributed by atoms with Crippen molar-refractivity contribution in [2.75, 3.05) is 6.26 Å². The zero-order valence-corrected chi connectivity index (χ0v) is 12.0. The standard InChI is InChI=1S/C17H19NS/c1-19-16-8-3-2-7-15(16)17(18)14-10-9-12-5-4-6-13(12)11-14/h2-3,7-11,17H,4-6,18H2,1H3. The molecule has 2 heteroatoms. The van der Waals surface area contributed by atoms with Crippen molar-refractivity contribution in [1.29, 1.82) is 0 Å². The molecule has 0 saturated carbocycles. The van der Waals surface area contributed by atoms with Crippen LogP contribution >= 0.6 is 11.8 Å². The molecule has 2 N–H and O–H groups in total. The molecule has 0 amide bonds. The number of hydrogen-bond acceptors (Lipinski definition) is 2. The lowest BCUT2D eigenvalue weighted by Crippen LogP contribution is -2.13. The van der Waals surface area contributed by atoms with Gasteiger partial charge in [0.1, 0.15) is 0 Å². The highest BCUT2D eigenvalue weighted by Gasteiger charge is 2.16. The van der Waals surface area contributed by atoms with Gasteiger partial charge in [0.2, 0.25) is 0 Å². The van der Waals surface area contributed by atoms with Gasteiger partial charge in [-0.05, 0) is 53.8 Å². The Kier molecular flexibility index (Phi) is 3.63. The maximum atomic E-state index is 6.47. The fraction of sp³-hybridized carbons (Fsp3) is 0.294. The van der Waals surface area contributed by atoms with Crippen molar-refractivity contribution in [1.82, 2.24) is 0 Å². The van der Waals surface area contributed by atoms with E-state index in [0.29, 0.717) is 0 Å². The molecule has 0 saturated heterocycles. The lowest BCUT2D eigenvalue weighted by atomic mass is 9.96. The minimum absolute atomic E-state index is 0.0189. The van der Waals surface area contributed by atoms with Crippen LogP contribution in [0, 0.1) is 0 Å². The smallest absolute Gasteiger partial charge is 0.0562 e. The van der Waals surface area contributed by atoms with Crippen LogP contribution in [-0.4, -0.2) is 6.26 Å². The Bertz CT molecular complexity index is 592. The molecule has 0 aliphatic heterocycles. The van der Waals surface area contributed by atoms with Crippen LogP contribution in [0.15, 0.2) is 47.4 Å². The molecule has 0 fully saturated rings. The Morgan fingerprint density at radius 1 is 1.05 bits per heavy atom. The molecular formula is C17H19NS. The van der Waals surface area contributed by atoms with E-state index >= 15 is 0 Å². The van der Waals surface area contributed by atoms with Gasteiger partial charge in [0.05, 0.1) is 6.04 Å². The molecule has 2 aromatic carbocycles. The van der Waals surface area contributed by atoms with Crippen molar-refractivity contribution in [2.24, 2.45) is 5.73 Å². The molecule has 1 unspecified atom stereocenters. The summed E-state index contributed by atoms with van der Waals surface area (Å²) in [6.45, 7) is 0. The Morgan fingerprint density at radius 3 is 2.68 bits per heavy atom. The summed E-state index contributed by atoms with van der Waals surface area (Å²) in [6.07, 6.45) is 5.83. The van der Waals surface area contributed by atoms with E-state index in [0.717, 1.165) is 0 Å². The lowest BCUT2D eigenvalue weighted by molar-refractivity contribution is 0.845. The Morgan fingerprint density at radius 2 is 1.84 bits per heavy atom. The Hall–Kier alpha value is -1.25. The summed E-state index contributed by atoms with van der Waals surface area (Å²) in [5.41, 5.74) is 11.9. The third-order valence-electron chi connectivity index (χ3n) is 3.96. The Balaban J connectivity index is 1.97. The number of hydrogen-bond donors (Lipinski definition) is 1. The summed E-state index contributed by atoms with van der Waals surface area (Å²) >= 11 is 1.76. The van der Waals surface area contributed by atoms with Crippen LogP contribution in [0.3, 0.4) is 0 Å². The largest absolute Gasteiger partial charge is 0.320 e. The maximum Gasteiger partial charge on any atom is 0.0562 e. The van der Waals surface area contributed by atoms with Crippen molar-refractivity contribution in [2.45, 2.75) is 30.2 Å². The van der Waals surface area contributed by atoms with E-state index in [9.17, 15) is 0 Å². The zero-order chi connectivity index (χ0) is 13.2. The molecule has 0 spiro atoms. The number of rotatable bonds is 3. The van der Waals surface area contributed by atoms with Crippen LogP contribution < -0.4 is 5.73 Å². The molecule has 0 bridgehead atoms. The third kappa shape index (κ3) is 2.43. The van der Waals surface area contributed by atoms with Crippen molar-refractivity contribution in [3.05, 3.63) is 64.7 Å². The van der Waals surface area contributed by atoms with Gasteiger partial charge in [0.15, 0.2) is 0 Å².